The summed E-state index contributed by atoms with van der Waals surface area (Å²) >= 11 is 0. The zero-order chi connectivity index (χ0) is 13.6. The van der Waals surface area contributed by atoms with E-state index >= 15 is 0 Å². The number of urea groups is 1. The molecule has 5 heteroatoms. The average molecular weight is 254 g/mol. The van der Waals surface area contributed by atoms with Crippen molar-refractivity contribution >= 4 is 12.0 Å². The lowest BCUT2D eigenvalue weighted by molar-refractivity contribution is -0.146. The molecule has 0 saturated heterocycles. The number of nitrogens with one attached hydrogen (secondary N) is 2. The van der Waals surface area contributed by atoms with Crippen LogP contribution in [0.15, 0.2) is 12.7 Å². The van der Waals surface area contributed by atoms with E-state index in [0.717, 1.165) is 19.3 Å². The van der Waals surface area contributed by atoms with E-state index < -0.39 is 17.5 Å². The van der Waals surface area contributed by atoms with Gasteiger partial charge in [-0.3, -0.25) is 0 Å². The van der Waals surface area contributed by atoms with Gasteiger partial charge in [0.05, 0.1) is 0 Å². The number of aliphatic carboxylic acids is 1. The minimum atomic E-state index is -1.10. The Morgan fingerprint density at radius 1 is 1.44 bits per heavy atom. The van der Waals surface area contributed by atoms with Crippen LogP contribution in [0.5, 0.6) is 0 Å². The van der Waals surface area contributed by atoms with Crippen molar-refractivity contribution < 1.29 is 14.7 Å². The molecule has 1 rings (SSSR count). The van der Waals surface area contributed by atoms with E-state index in [4.69, 9.17) is 0 Å². The van der Waals surface area contributed by atoms with Crippen LogP contribution in [-0.4, -0.2) is 29.2 Å². The van der Waals surface area contributed by atoms with Crippen LogP contribution in [0.4, 0.5) is 4.79 Å². The fraction of sp³-hybridized carbons (Fsp3) is 0.692. The van der Waals surface area contributed by atoms with Crippen molar-refractivity contribution in [1.82, 2.24) is 10.6 Å². The Bertz CT molecular complexity index is 320. The van der Waals surface area contributed by atoms with Crippen LogP contribution < -0.4 is 10.6 Å². The summed E-state index contributed by atoms with van der Waals surface area (Å²) in [6, 6.07) is -0.438. The maximum atomic E-state index is 11.6. The molecule has 1 fully saturated rings. The number of carbonyl (C=O) groups is 2. The lowest BCUT2D eigenvalue weighted by Gasteiger charge is -2.37. The van der Waals surface area contributed by atoms with Crippen molar-refractivity contribution in [3.05, 3.63) is 12.7 Å². The normalized spacial score (nSPS) is 27.3. The predicted octanol–water partition coefficient (Wildman–Crippen LogP) is 1.90. The van der Waals surface area contributed by atoms with Gasteiger partial charge in [0.25, 0.3) is 0 Å². The molecule has 0 aromatic rings. The first-order valence-corrected chi connectivity index (χ1v) is 6.44. The first kappa shape index (κ1) is 14.5. The number of carboxylic acids is 1. The summed E-state index contributed by atoms with van der Waals surface area (Å²) < 4.78 is 0. The summed E-state index contributed by atoms with van der Waals surface area (Å²) in [5.41, 5.74) is -1.10. The number of hydrogen-bond donors (Lipinski definition) is 3. The van der Waals surface area contributed by atoms with Crippen molar-refractivity contribution in [2.75, 3.05) is 6.54 Å². The molecular formula is C13H22N2O3. The van der Waals surface area contributed by atoms with Crippen LogP contribution in [0.1, 0.15) is 39.0 Å². The first-order valence-electron chi connectivity index (χ1n) is 6.44. The Morgan fingerprint density at radius 2 is 2.06 bits per heavy atom. The Kier molecular flexibility index (Phi) is 5.19. The number of rotatable bonds is 5. The van der Waals surface area contributed by atoms with Crippen molar-refractivity contribution in [3.8, 4) is 0 Å². The van der Waals surface area contributed by atoms with Crippen molar-refractivity contribution in [3.63, 3.8) is 0 Å². The van der Waals surface area contributed by atoms with Crippen LogP contribution in [0.25, 0.3) is 0 Å². The lowest BCUT2D eigenvalue weighted by Crippen LogP contribution is -2.58. The largest absolute Gasteiger partial charge is 0.480 e. The molecule has 0 radical (unpaired) electrons. The fourth-order valence-corrected chi connectivity index (χ4v) is 2.40. The van der Waals surface area contributed by atoms with Gasteiger partial charge in [-0.05, 0) is 31.6 Å². The summed E-state index contributed by atoms with van der Waals surface area (Å²) in [4.78, 5) is 23.0. The average Bonchev–Trinajstić information content (AvgIpc) is 2.37. The van der Waals surface area contributed by atoms with E-state index in [0.29, 0.717) is 25.3 Å². The Labute approximate surface area is 108 Å². The molecule has 0 bridgehead atoms. The van der Waals surface area contributed by atoms with Crippen molar-refractivity contribution in [1.29, 1.82) is 0 Å². The SMILES string of the molecule is C=CCNC(=O)NC1(C(=O)O)CCC(CC)CC1. The van der Waals surface area contributed by atoms with Crippen LogP contribution in [0.3, 0.4) is 0 Å². The van der Waals surface area contributed by atoms with Gasteiger partial charge in [-0.25, -0.2) is 9.59 Å². The highest BCUT2D eigenvalue weighted by Gasteiger charge is 2.42. The molecule has 0 aromatic heterocycles. The van der Waals surface area contributed by atoms with Gasteiger partial charge < -0.3 is 15.7 Å². The quantitative estimate of drug-likeness (QED) is 0.656. The van der Waals surface area contributed by atoms with E-state index in [9.17, 15) is 14.7 Å². The number of carboxylic acid groups (broad SMARTS) is 1. The van der Waals surface area contributed by atoms with Gasteiger partial charge in [-0.2, -0.15) is 0 Å². The summed E-state index contributed by atoms with van der Waals surface area (Å²) in [7, 11) is 0. The number of hydrogen-bond acceptors (Lipinski definition) is 2. The monoisotopic (exact) mass is 254 g/mol. The zero-order valence-corrected chi connectivity index (χ0v) is 10.9. The molecular weight excluding hydrogens is 232 g/mol. The molecule has 1 saturated carbocycles. The standard InChI is InChI=1S/C13H22N2O3/c1-3-9-14-12(18)15-13(11(16)17)7-5-10(4-2)6-8-13/h3,10H,1,4-9H2,2H3,(H,16,17)(H2,14,15,18). The molecule has 5 nitrogen and oxygen atoms in total. The molecule has 0 heterocycles. The highest BCUT2D eigenvalue weighted by molar-refractivity contribution is 5.86. The third-order valence-corrected chi connectivity index (χ3v) is 3.71. The number of carbonyl (C=O) groups excluding carboxylic acids is 1. The molecule has 0 aromatic carbocycles. The summed E-state index contributed by atoms with van der Waals surface area (Å²) in [6.45, 7) is 5.94. The van der Waals surface area contributed by atoms with E-state index in [-0.39, 0.29) is 0 Å². The molecule has 0 atom stereocenters. The second-order valence-corrected chi connectivity index (χ2v) is 4.86. The topological polar surface area (TPSA) is 78.4 Å². The van der Waals surface area contributed by atoms with E-state index in [1.165, 1.54) is 0 Å². The molecule has 1 aliphatic rings. The summed E-state index contributed by atoms with van der Waals surface area (Å²) in [6.07, 6.45) is 5.33. The van der Waals surface area contributed by atoms with Gasteiger partial charge in [-0.1, -0.05) is 19.4 Å². The first-order chi connectivity index (χ1) is 8.54. The minimum absolute atomic E-state index is 0.332. The van der Waals surface area contributed by atoms with Gasteiger partial charge in [-0.15, -0.1) is 6.58 Å². The minimum Gasteiger partial charge on any atom is -0.480 e. The van der Waals surface area contributed by atoms with Crippen LogP contribution in [0, 0.1) is 5.92 Å². The van der Waals surface area contributed by atoms with Gasteiger partial charge in [0, 0.05) is 6.54 Å². The van der Waals surface area contributed by atoms with E-state index in [2.05, 4.69) is 24.1 Å². The lowest BCUT2D eigenvalue weighted by atomic mass is 9.75. The van der Waals surface area contributed by atoms with Crippen molar-refractivity contribution in [2.24, 2.45) is 5.92 Å². The zero-order valence-electron chi connectivity index (χ0n) is 10.9. The maximum Gasteiger partial charge on any atom is 0.329 e. The van der Waals surface area contributed by atoms with Crippen molar-refractivity contribution in [2.45, 2.75) is 44.6 Å². The Balaban J connectivity index is 2.62. The second-order valence-electron chi connectivity index (χ2n) is 4.86. The molecule has 0 spiro atoms. The fourth-order valence-electron chi connectivity index (χ4n) is 2.40. The predicted molar refractivity (Wildman–Crippen MR) is 69.3 cm³/mol. The highest BCUT2D eigenvalue weighted by Crippen LogP contribution is 2.33. The molecule has 0 aliphatic heterocycles. The van der Waals surface area contributed by atoms with Gasteiger partial charge in [0.2, 0.25) is 0 Å². The summed E-state index contributed by atoms with van der Waals surface area (Å²) in [5, 5.41) is 14.5. The maximum absolute atomic E-state index is 11.6. The van der Waals surface area contributed by atoms with Crippen LogP contribution in [0.2, 0.25) is 0 Å². The van der Waals surface area contributed by atoms with Gasteiger partial charge >= 0.3 is 12.0 Å². The Morgan fingerprint density at radius 3 is 2.50 bits per heavy atom. The molecule has 1 aliphatic carbocycles. The van der Waals surface area contributed by atoms with Crippen LogP contribution >= 0.6 is 0 Å². The molecule has 2 amide bonds. The third kappa shape index (κ3) is 3.48. The van der Waals surface area contributed by atoms with Gasteiger partial charge in [0.1, 0.15) is 5.54 Å². The summed E-state index contributed by atoms with van der Waals surface area (Å²) in [5.74, 6) is -0.360. The second kappa shape index (κ2) is 6.42. The molecule has 102 valence electrons. The van der Waals surface area contributed by atoms with Gasteiger partial charge in [0.15, 0.2) is 0 Å². The molecule has 3 N–H and O–H groups in total. The highest BCUT2D eigenvalue weighted by atomic mass is 16.4. The van der Waals surface area contributed by atoms with Crippen LogP contribution in [-0.2, 0) is 4.79 Å². The molecule has 18 heavy (non-hydrogen) atoms. The molecule has 0 unspecified atom stereocenters. The van der Waals surface area contributed by atoms with E-state index in [1.807, 2.05) is 0 Å². The number of amides is 2. The smallest absolute Gasteiger partial charge is 0.329 e. The Hall–Kier alpha value is -1.52. The third-order valence-electron chi connectivity index (χ3n) is 3.71. The van der Waals surface area contributed by atoms with E-state index in [1.54, 1.807) is 6.08 Å².